The summed E-state index contributed by atoms with van der Waals surface area (Å²) >= 11 is 0. The van der Waals surface area contributed by atoms with Gasteiger partial charge in [0, 0.05) is 32.7 Å². The molecule has 1 amide bonds. The predicted octanol–water partition coefficient (Wildman–Crippen LogP) is 1.76. The van der Waals surface area contributed by atoms with E-state index in [2.05, 4.69) is 22.0 Å². The third-order valence-corrected chi connectivity index (χ3v) is 5.05. The fourth-order valence-electron chi connectivity index (χ4n) is 3.73. The molecule has 0 unspecified atom stereocenters. The highest BCUT2D eigenvalue weighted by Crippen LogP contribution is 2.21. The Bertz CT molecular complexity index is 542. The van der Waals surface area contributed by atoms with Crippen LogP contribution < -0.4 is 0 Å². The summed E-state index contributed by atoms with van der Waals surface area (Å²) in [7, 11) is 0. The number of amides is 1. The van der Waals surface area contributed by atoms with Gasteiger partial charge in [-0.15, -0.1) is 0 Å². The monoisotopic (exact) mass is 336 g/mol. The van der Waals surface area contributed by atoms with Crippen molar-refractivity contribution in [1.82, 2.24) is 19.9 Å². The van der Waals surface area contributed by atoms with Crippen LogP contribution in [0.5, 0.6) is 0 Å². The number of rotatable bonds is 5. The van der Waals surface area contributed by atoms with Crippen LogP contribution in [0.4, 0.5) is 0 Å². The molecule has 2 aliphatic heterocycles. The number of hydrogen-bond donors (Lipinski definition) is 0. The Morgan fingerprint density at radius 2 is 2.17 bits per heavy atom. The normalized spacial score (nSPS) is 25.2. The number of carbonyl (C=O) groups excluding carboxylic acids is 1. The van der Waals surface area contributed by atoms with Gasteiger partial charge in [-0.2, -0.15) is 4.98 Å². The van der Waals surface area contributed by atoms with Gasteiger partial charge in [0.25, 0.3) is 5.91 Å². The average molecular weight is 336 g/mol. The summed E-state index contributed by atoms with van der Waals surface area (Å²) in [6.45, 7) is 8.00. The van der Waals surface area contributed by atoms with Gasteiger partial charge in [0.15, 0.2) is 5.82 Å². The molecule has 3 rings (SSSR count). The van der Waals surface area contributed by atoms with Crippen LogP contribution in [0, 0.1) is 6.92 Å². The zero-order chi connectivity index (χ0) is 16.9. The largest absolute Gasteiger partial charge is 0.368 e. The molecule has 0 aliphatic carbocycles. The van der Waals surface area contributed by atoms with E-state index in [1.807, 2.05) is 11.8 Å². The molecule has 0 spiro atoms. The number of hydrogen-bond acceptors (Lipinski definition) is 6. The standard InChI is InChI=1S/C17H28N4O3/c1-3-20(12-16-18-13(2)24-19-16)14-6-4-9-21(10-8-14)17(22)15-7-5-11-23-15/h14-15H,3-12H2,1-2H3/t14-,15+/m0/s1. The van der Waals surface area contributed by atoms with Crippen molar-refractivity contribution < 1.29 is 14.1 Å². The van der Waals surface area contributed by atoms with Crippen molar-refractivity contribution in [3.8, 4) is 0 Å². The summed E-state index contributed by atoms with van der Waals surface area (Å²) in [4.78, 5) is 21.3. The number of aryl methyl sites for hydroxylation is 1. The van der Waals surface area contributed by atoms with Crippen molar-refractivity contribution >= 4 is 5.91 Å². The molecule has 1 aromatic rings. The van der Waals surface area contributed by atoms with E-state index in [9.17, 15) is 4.79 Å². The second-order valence-corrected chi connectivity index (χ2v) is 6.70. The molecule has 2 fully saturated rings. The van der Waals surface area contributed by atoms with Crippen LogP contribution in [-0.2, 0) is 16.1 Å². The number of aromatic nitrogens is 2. The molecule has 2 atom stereocenters. The highest BCUT2D eigenvalue weighted by molar-refractivity contribution is 5.81. The van der Waals surface area contributed by atoms with E-state index in [-0.39, 0.29) is 12.0 Å². The molecule has 0 N–H and O–H groups in total. The topological polar surface area (TPSA) is 71.7 Å². The summed E-state index contributed by atoms with van der Waals surface area (Å²) in [5.41, 5.74) is 0. The Morgan fingerprint density at radius 3 is 2.83 bits per heavy atom. The molecule has 2 saturated heterocycles. The molecular weight excluding hydrogens is 308 g/mol. The zero-order valence-electron chi connectivity index (χ0n) is 14.7. The number of likely N-dealkylation sites (tertiary alicyclic amines) is 1. The lowest BCUT2D eigenvalue weighted by atomic mass is 10.1. The first-order valence-corrected chi connectivity index (χ1v) is 9.11. The van der Waals surface area contributed by atoms with E-state index in [1.165, 1.54) is 0 Å². The van der Waals surface area contributed by atoms with Crippen molar-refractivity contribution in [3.05, 3.63) is 11.7 Å². The molecule has 3 heterocycles. The van der Waals surface area contributed by atoms with Crippen molar-refractivity contribution in [3.63, 3.8) is 0 Å². The maximum absolute atomic E-state index is 12.5. The maximum Gasteiger partial charge on any atom is 0.251 e. The molecule has 7 heteroatoms. The third-order valence-electron chi connectivity index (χ3n) is 5.05. The smallest absolute Gasteiger partial charge is 0.251 e. The first kappa shape index (κ1) is 17.4. The second-order valence-electron chi connectivity index (χ2n) is 6.70. The lowest BCUT2D eigenvalue weighted by Crippen LogP contribution is -2.40. The van der Waals surface area contributed by atoms with E-state index >= 15 is 0 Å². The van der Waals surface area contributed by atoms with Crippen molar-refractivity contribution in [2.75, 3.05) is 26.2 Å². The Hall–Kier alpha value is -1.47. The lowest BCUT2D eigenvalue weighted by Gasteiger charge is -2.29. The lowest BCUT2D eigenvalue weighted by molar-refractivity contribution is -0.140. The molecule has 2 aliphatic rings. The van der Waals surface area contributed by atoms with Crippen molar-refractivity contribution in [1.29, 1.82) is 0 Å². The van der Waals surface area contributed by atoms with Crippen LogP contribution >= 0.6 is 0 Å². The molecule has 0 bridgehead atoms. The van der Waals surface area contributed by atoms with Crippen molar-refractivity contribution in [2.45, 2.75) is 64.6 Å². The van der Waals surface area contributed by atoms with E-state index < -0.39 is 0 Å². The summed E-state index contributed by atoms with van der Waals surface area (Å²) in [5.74, 6) is 1.53. The van der Waals surface area contributed by atoms with E-state index in [1.54, 1.807) is 0 Å². The summed E-state index contributed by atoms with van der Waals surface area (Å²) in [6, 6.07) is 0.455. The van der Waals surface area contributed by atoms with Crippen LogP contribution in [0.15, 0.2) is 4.52 Å². The van der Waals surface area contributed by atoms with E-state index in [0.29, 0.717) is 18.5 Å². The first-order chi connectivity index (χ1) is 11.7. The minimum atomic E-state index is -0.203. The quantitative estimate of drug-likeness (QED) is 0.816. The van der Waals surface area contributed by atoms with Gasteiger partial charge in [-0.05, 0) is 38.6 Å². The van der Waals surface area contributed by atoms with Crippen molar-refractivity contribution in [2.24, 2.45) is 0 Å². The van der Waals surface area contributed by atoms with Gasteiger partial charge < -0.3 is 14.2 Å². The van der Waals surface area contributed by atoms with Crippen LogP contribution in [0.1, 0.15) is 50.7 Å². The predicted molar refractivity (Wildman–Crippen MR) is 88.3 cm³/mol. The second kappa shape index (κ2) is 8.07. The van der Waals surface area contributed by atoms with Gasteiger partial charge in [0.05, 0.1) is 6.54 Å². The molecule has 134 valence electrons. The molecule has 24 heavy (non-hydrogen) atoms. The Balaban J connectivity index is 1.56. The molecule has 1 aromatic heterocycles. The number of nitrogens with zero attached hydrogens (tertiary/aromatic N) is 4. The van der Waals surface area contributed by atoms with Gasteiger partial charge in [0.2, 0.25) is 5.89 Å². The number of carbonyl (C=O) groups is 1. The molecule has 7 nitrogen and oxygen atoms in total. The van der Waals surface area contributed by atoms with Gasteiger partial charge in [0.1, 0.15) is 6.10 Å². The molecule has 0 radical (unpaired) electrons. The Kier molecular flexibility index (Phi) is 5.84. The number of ether oxygens (including phenoxy) is 1. The highest BCUT2D eigenvalue weighted by atomic mass is 16.5. The van der Waals surface area contributed by atoms with Gasteiger partial charge in [-0.1, -0.05) is 12.1 Å². The Labute approximate surface area is 143 Å². The van der Waals surface area contributed by atoms with Gasteiger partial charge >= 0.3 is 0 Å². The first-order valence-electron chi connectivity index (χ1n) is 9.11. The molecular formula is C17H28N4O3. The SMILES string of the molecule is CCN(Cc1noc(C)n1)[C@H]1CCCN(C(=O)[C@H]2CCCO2)CC1. The fraction of sp³-hybridized carbons (Fsp3) is 0.824. The van der Waals surface area contributed by atoms with E-state index in [0.717, 1.165) is 64.2 Å². The minimum Gasteiger partial charge on any atom is -0.368 e. The van der Waals surface area contributed by atoms with Crippen LogP contribution in [0.25, 0.3) is 0 Å². The van der Waals surface area contributed by atoms with Gasteiger partial charge in [-0.25, -0.2) is 0 Å². The highest BCUT2D eigenvalue weighted by Gasteiger charge is 2.30. The van der Waals surface area contributed by atoms with Crippen LogP contribution in [-0.4, -0.2) is 64.2 Å². The summed E-state index contributed by atoms with van der Waals surface area (Å²) in [6.07, 6.45) is 4.79. The summed E-state index contributed by atoms with van der Waals surface area (Å²) < 4.78 is 10.6. The summed E-state index contributed by atoms with van der Waals surface area (Å²) in [5, 5.41) is 4.01. The minimum absolute atomic E-state index is 0.185. The average Bonchev–Trinajstić information content (AvgIpc) is 3.19. The Morgan fingerprint density at radius 1 is 1.29 bits per heavy atom. The van der Waals surface area contributed by atoms with Crippen LogP contribution in [0.3, 0.4) is 0 Å². The van der Waals surface area contributed by atoms with Gasteiger partial charge in [-0.3, -0.25) is 9.69 Å². The third kappa shape index (κ3) is 4.13. The maximum atomic E-state index is 12.5. The zero-order valence-corrected chi connectivity index (χ0v) is 14.7. The molecule has 0 saturated carbocycles. The van der Waals surface area contributed by atoms with Crippen LogP contribution in [0.2, 0.25) is 0 Å². The fourth-order valence-corrected chi connectivity index (χ4v) is 3.73. The van der Waals surface area contributed by atoms with E-state index in [4.69, 9.17) is 9.26 Å². The molecule has 0 aromatic carbocycles.